The zero-order valence-corrected chi connectivity index (χ0v) is 22.6. The van der Waals surface area contributed by atoms with E-state index in [4.69, 9.17) is 4.74 Å². The average molecular weight is 558 g/mol. The van der Waals surface area contributed by atoms with Gasteiger partial charge in [-0.1, -0.05) is 12.1 Å². The summed E-state index contributed by atoms with van der Waals surface area (Å²) in [4.78, 5) is 33.5. The summed E-state index contributed by atoms with van der Waals surface area (Å²) < 4.78 is 44.0. The van der Waals surface area contributed by atoms with Crippen LogP contribution < -0.4 is 4.74 Å². The molecule has 2 aliphatic heterocycles. The molecule has 1 aromatic heterocycles. The lowest BCUT2D eigenvalue weighted by molar-refractivity contribution is -0.137. The van der Waals surface area contributed by atoms with E-state index in [0.717, 1.165) is 36.4 Å². The Labute approximate surface area is 229 Å². The molecule has 6 nitrogen and oxygen atoms in total. The van der Waals surface area contributed by atoms with Crippen LogP contribution in [0.25, 0.3) is 0 Å². The summed E-state index contributed by atoms with van der Waals surface area (Å²) in [7, 11) is 1.63. The Balaban J connectivity index is 1.25. The van der Waals surface area contributed by atoms with Crippen LogP contribution in [-0.2, 0) is 17.4 Å². The summed E-state index contributed by atoms with van der Waals surface area (Å²) >= 11 is 1.74. The van der Waals surface area contributed by atoms with E-state index < -0.39 is 11.7 Å². The summed E-state index contributed by atoms with van der Waals surface area (Å²) in [6, 6.07) is 14.1. The van der Waals surface area contributed by atoms with E-state index in [1.54, 1.807) is 28.2 Å². The Bertz CT molecular complexity index is 1320. The molecule has 2 aliphatic rings. The summed E-state index contributed by atoms with van der Waals surface area (Å²) in [6.45, 7) is 3.95. The van der Waals surface area contributed by atoms with Gasteiger partial charge >= 0.3 is 6.18 Å². The molecule has 0 saturated carbocycles. The van der Waals surface area contributed by atoms with Crippen molar-refractivity contribution in [1.82, 2.24) is 14.7 Å². The van der Waals surface area contributed by atoms with Crippen LogP contribution in [0.3, 0.4) is 0 Å². The first kappa shape index (κ1) is 27.2. The standard InChI is InChI=1S/C29H30F3N3O3S/c1-19-17-33(14-15-35(19)28(37)21-3-7-22(8-4-21)29(30,31)32)26(36)18-34-13-11-25-24(12-16-39-25)27(34)20-5-9-23(38-2)10-6-20/h3-10,12,16,19,27H,11,13-15,17-18H2,1-2H3/t19-,27+/m1/s1. The molecule has 0 N–H and O–H groups in total. The van der Waals surface area contributed by atoms with E-state index >= 15 is 0 Å². The zero-order chi connectivity index (χ0) is 27.7. The maximum Gasteiger partial charge on any atom is 0.416 e. The third kappa shape index (κ3) is 5.67. The van der Waals surface area contributed by atoms with Crippen molar-refractivity contribution in [3.05, 3.63) is 87.1 Å². The molecule has 0 unspecified atom stereocenters. The van der Waals surface area contributed by atoms with Gasteiger partial charge in [0.15, 0.2) is 0 Å². The number of halogens is 3. The molecule has 2 aromatic carbocycles. The number of alkyl halides is 3. The predicted octanol–water partition coefficient (Wildman–Crippen LogP) is 5.10. The molecule has 3 heterocycles. The number of amides is 2. The monoisotopic (exact) mass is 557 g/mol. The van der Waals surface area contributed by atoms with E-state index in [0.29, 0.717) is 19.6 Å². The second kappa shape index (κ2) is 11.0. The highest BCUT2D eigenvalue weighted by molar-refractivity contribution is 7.10. The predicted molar refractivity (Wildman–Crippen MR) is 143 cm³/mol. The lowest BCUT2D eigenvalue weighted by Crippen LogP contribution is -2.57. The van der Waals surface area contributed by atoms with Gasteiger partial charge in [0.2, 0.25) is 5.91 Å². The average Bonchev–Trinajstić information content (AvgIpc) is 3.41. The molecule has 2 atom stereocenters. The number of benzene rings is 2. The summed E-state index contributed by atoms with van der Waals surface area (Å²) in [5, 5.41) is 2.10. The number of fused-ring (bicyclic) bond motifs is 1. The number of hydrogen-bond acceptors (Lipinski definition) is 5. The Morgan fingerprint density at radius 3 is 2.36 bits per heavy atom. The summed E-state index contributed by atoms with van der Waals surface area (Å²) in [5.74, 6) is 0.449. The highest BCUT2D eigenvalue weighted by Crippen LogP contribution is 2.38. The first-order valence-corrected chi connectivity index (χ1v) is 13.7. The van der Waals surface area contributed by atoms with Gasteiger partial charge in [-0.05, 0) is 72.3 Å². The van der Waals surface area contributed by atoms with Crippen molar-refractivity contribution >= 4 is 23.2 Å². The lowest BCUT2D eigenvalue weighted by atomic mass is 9.93. The fourth-order valence-corrected chi connectivity index (χ4v) is 6.35. The molecule has 0 spiro atoms. The maximum absolute atomic E-state index is 13.5. The Morgan fingerprint density at radius 1 is 1.00 bits per heavy atom. The molecule has 3 aromatic rings. The second-order valence-electron chi connectivity index (χ2n) is 9.96. The lowest BCUT2D eigenvalue weighted by Gasteiger charge is -2.42. The van der Waals surface area contributed by atoms with Gasteiger partial charge in [0.25, 0.3) is 5.91 Å². The number of rotatable bonds is 5. The topological polar surface area (TPSA) is 53.1 Å². The highest BCUT2D eigenvalue weighted by atomic mass is 32.1. The molecule has 0 radical (unpaired) electrons. The van der Waals surface area contributed by atoms with Gasteiger partial charge in [-0.25, -0.2) is 0 Å². The molecule has 206 valence electrons. The largest absolute Gasteiger partial charge is 0.497 e. The minimum absolute atomic E-state index is 0.000621. The van der Waals surface area contributed by atoms with Crippen LogP contribution >= 0.6 is 11.3 Å². The van der Waals surface area contributed by atoms with Crippen molar-refractivity contribution in [2.45, 2.75) is 31.6 Å². The number of carbonyl (C=O) groups is 2. The Kier molecular flexibility index (Phi) is 7.68. The summed E-state index contributed by atoms with van der Waals surface area (Å²) in [5.41, 5.74) is 1.74. The molecular formula is C29H30F3N3O3S. The van der Waals surface area contributed by atoms with Crippen LogP contribution in [0.15, 0.2) is 60.0 Å². The van der Waals surface area contributed by atoms with Crippen molar-refractivity contribution < 1.29 is 27.5 Å². The maximum atomic E-state index is 13.5. The minimum atomic E-state index is -4.45. The number of hydrogen-bond donors (Lipinski definition) is 0. The van der Waals surface area contributed by atoms with Crippen LogP contribution in [0, 0.1) is 0 Å². The number of thiophene rings is 1. The van der Waals surface area contributed by atoms with E-state index in [2.05, 4.69) is 16.3 Å². The van der Waals surface area contributed by atoms with Crippen molar-refractivity contribution in [1.29, 1.82) is 0 Å². The Hall–Kier alpha value is -3.37. The van der Waals surface area contributed by atoms with Crippen LogP contribution in [0.1, 0.15) is 44.9 Å². The third-order valence-corrected chi connectivity index (χ3v) is 8.53. The molecule has 39 heavy (non-hydrogen) atoms. The molecule has 1 fully saturated rings. The second-order valence-corrected chi connectivity index (χ2v) is 11.0. The van der Waals surface area contributed by atoms with E-state index in [-0.39, 0.29) is 36.0 Å². The highest BCUT2D eigenvalue weighted by Gasteiger charge is 2.35. The molecule has 1 saturated heterocycles. The molecule has 2 amide bonds. The Morgan fingerprint density at radius 2 is 1.72 bits per heavy atom. The van der Waals surface area contributed by atoms with Gasteiger partial charge < -0.3 is 14.5 Å². The van der Waals surface area contributed by atoms with Gasteiger partial charge in [-0.3, -0.25) is 14.5 Å². The number of nitrogens with zero attached hydrogens (tertiary/aromatic N) is 3. The van der Waals surface area contributed by atoms with Crippen LogP contribution in [0.2, 0.25) is 0 Å². The molecule has 0 aliphatic carbocycles. The van der Waals surface area contributed by atoms with Gasteiger partial charge in [0.05, 0.1) is 25.3 Å². The normalized spacial score (nSPS) is 20.0. The van der Waals surface area contributed by atoms with Gasteiger partial charge in [0.1, 0.15) is 5.75 Å². The summed E-state index contributed by atoms with van der Waals surface area (Å²) in [6.07, 6.45) is -3.56. The van der Waals surface area contributed by atoms with Crippen molar-refractivity contribution in [2.75, 3.05) is 39.8 Å². The van der Waals surface area contributed by atoms with Crippen molar-refractivity contribution in [3.8, 4) is 5.75 Å². The molecule has 0 bridgehead atoms. The fraction of sp³-hybridized carbons (Fsp3) is 0.379. The van der Waals surface area contributed by atoms with Crippen LogP contribution in [-0.4, -0.2) is 72.4 Å². The zero-order valence-electron chi connectivity index (χ0n) is 21.8. The van der Waals surface area contributed by atoms with Crippen molar-refractivity contribution in [2.24, 2.45) is 0 Å². The van der Waals surface area contributed by atoms with Crippen LogP contribution in [0.4, 0.5) is 13.2 Å². The quantitative estimate of drug-likeness (QED) is 0.438. The van der Waals surface area contributed by atoms with E-state index in [9.17, 15) is 22.8 Å². The van der Waals surface area contributed by atoms with Crippen molar-refractivity contribution in [3.63, 3.8) is 0 Å². The molecule has 5 rings (SSSR count). The minimum Gasteiger partial charge on any atom is -0.497 e. The fourth-order valence-electron chi connectivity index (χ4n) is 5.44. The van der Waals surface area contributed by atoms with Crippen LogP contribution in [0.5, 0.6) is 5.75 Å². The number of carbonyl (C=O) groups excluding carboxylic acids is 2. The SMILES string of the molecule is COc1ccc([C@H]2c3ccsc3CCN2CC(=O)N2CCN(C(=O)c3ccc(C(F)(F)F)cc3)[C@H](C)C2)cc1. The molecule has 10 heteroatoms. The van der Waals surface area contributed by atoms with Gasteiger partial charge in [-0.2, -0.15) is 13.2 Å². The first-order chi connectivity index (χ1) is 18.7. The van der Waals surface area contributed by atoms with Gasteiger partial charge in [0, 0.05) is 42.7 Å². The number of ether oxygens (including phenoxy) is 1. The third-order valence-electron chi connectivity index (χ3n) is 7.54. The van der Waals surface area contributed by atoms with Gasteiger partial charge in [-0.15, -0.1) is 11.3 Å². The van der Waals surface area contributed by atoms with E-state index in [1.807, 2.05) is 31.2 Å². The van der Waals surface area contributed by atoms with E-state index in [1.165, 1.54) is 22.6 Å². The number of piperazine rings is 1. The molecular weight excluding hydrogens is 527 g/mol. The number of methoxy groups -OCH3 is 1. The first-order valence-electron chi connectivity index (χ1n) is 12.9. The smallest absolute Gasteiger partial charge is 0.416 e.